The van der Waals surface area contributed by atoms with Crippen LogP contribution in [0.3, 0.4) is 0 Å². The Hall–Kier alpha value is -2.13. The van der Waals surface area contributed by atoms with Gasteiger partial charge in [0.1, 0.15) is 0 Å². The van der Waals surface area contributed by atoms with Crippen molar-refractivity contribution in [2.45, 2.75) is 38.4 Å². The summed E-state index contributed by atoms with van der Waals surface area (Å²) < 4.78 is 40.5. The molecule has 1 aromatic carbocycles. The Labute approximate surface area is 165 Å². The number of nitrogens with zero attached hydrogens (tertiary/aromatic N) is 3. The lowest BCUT2D eigenvalue weighted by Crippen LogP contribution is -2.37. The summed E-state index contributed by atoms with van der Waals surface area (Å²) in [5.74, 6) is 0.614. The Balaban J connectivity index is 1.53. The van der Waals surface area contributed by atoms with E-state index in [-0.39, 0.29) is 0 Å². The van der Waals surface area contributed by atoms with Gasteiger partial charge in [-0.05, 0) is 50.4 Å². The van der Waals surface area contributed by atoms with Gasteiger partial charge in [-0.15, -0.1) is 5.10 Å². The van der Waals surface area contributed by atoms with Crippen LogP contribution in [-0.2, 0) is 6.18 Å². The van der Waals surface area contributed by atoms with E-state index in [1.807, 2.05) is 0 Å². The molecule has 0 aliphatic carbocycles. The maximum Gasteiger partial charge on any atom is 0.416 e. The van der Waals surface area contributed by atoms with E-state index in [0.717, 1.165) is 49.6 Å². The van der Waals surface area contributed by atoms with Crippen molar-refractivity contribution in [1.82, 2.24) is 19.9 Å². The quantitative estimate of drug-likeness (QED) is 0.643. The normalized spacial score (nSPS) is 17.1. The number of imidazole rings is 1. The van der Waals surface area contributed by atoms with E-state index in [1.54, 1.807) is 16.8 Å². The summed E-state index contributed by atoms with van der Waals surface area (Å²) in [4.78, 5) is 5.14. The van der Waals surface area contributed by atoms with Crippen molar-refractivity contribution in [3.8, 4) is 11.3 Å². The van der Waals surface area contributed by atoms with E-state index in [4.69, 9.17) is 0 Å². The second-order valence-electron chi connectivity index (χ2n) is 7.09. The van der Waals surface area contributed by atoms with Crippen molar-refractivity contribution in [2.75, 3.05) is 18.4 Å². The van der Waals surface area contributed by atoms with E-state index < -0.39 is 11.7 Å². The van der Waals surface area contributed by atoms with Crippen molar-refractivity contribution in [2.24, 2.45) is 5.92 Å². The van der Waals surface area contributed by atoms with Crippen LogP contribution < -0.4 is 10.6 Å². The van der Waals surface area contributed by atoms with Crippen molar-refractivity contribution < 1.29 is 13.2 Å². The molecule has 4 rings (SSSR count). The molecule has 0 amide bonds. The molecule has 1 aliphatic heterocycles. The first-order valence-electron chi connectivity index (χ1n) is 9.45. The second kappa shape index (κ2) is 7.71. The molecule has 2 N–H and O–H groups in total. The zero-order chi connectivity index (χ0) is 19.7. The molecule has 1 fully saturated rings. The Morgan fingerprint density at radius 2 is 2.11 bits per heavy atom. The highest BCUT2D eigenvalue weighted by atomic mass is 32.1. The third-order valence-corrected chi connectivity index (χ3v) is 6.08. The summed E-state index contributed by atoms with van der Waals surface area (Å²) in [6.07, 6.45) is 0.619. The third kappa shape index (κ3) is 4.00. The third-order valence-electron chi connectivity index (χ3n) is 5.23. The standard InChI is InChI=1S/C19H22F3N5S/c1-2-15(12-6-8-23-9-7-12)24-17-26-27-11-16(25-18(27)28-17)13-4-3-5-14(10-13)19(20,21)22/h3-5,10-12,15,23H,2,6-9H2,1H3,(H,24,26). The van der Waals surface area contributed by atoms with Gasteiger partial charge in [0.05, 0.1) is 17.5 Å². The van der Waals surface area contributed by atoms with Crippen molar-refractivity contribution in [3.05, 3.63) is 36.0 Å². The molecule has 3 heterocycles. The van der Waals surface area contributed by atoms with Gasteiger partial charge in [-0.25, -0.2) is 9.50 Å². The molecule has 2 aromatic heterocycles. The number of fused-ring (bicyclic) bond motifs is 1. The van der Waals surface area contributed by atoms with Gasteiger partial charge in [-0.3, -0.25) is 0 Å². The van der Waals surface area contributed by atoms with Crippen LogP contribution in [0.5, 0.6) is 0 Å². The lowest BCUT2D eigenvalue weighted by atomic mass is 9.89. The van der Waals surface area contributed by atoms with Crippen LogP contribution in [0.4, 0.5) is 18.3 Å². The lowest BCUT2D eigenvalue weighted by Gasteiger charge is -2.30. The Morgan fingerprint density at radius 3 is 2.79 bits per heavy atom. The Bertz CT molecular complexity index is 911. The predicted octanol–water partition coefficient (Wildman–Crippen LogP) is 4.67. The summed E-state index contributed by atoms with van der Waals surface area (Å²) in [6, 6.07) is 5.58. The molecule has 0 radical (unpaired) electrons. The Kier molecular flexibility index (Phi) is 5.29. The van der Waals surface area contributed by atoms with Crippen LogP contribution in [-0.4, -0.2) is 33.7 Å². The summed E-state index contributed by atoms with van der Waals surface area (Å²) >= 11 is 1.42. The second-order valence-corrected chi connectivity index (χ2v) is 8.04. The van der Waals surface area contributed by atoms with Crippen molar-refractivity contribution >= 4 is 21.4 Å². The topological polar surface area (TPSA) is 54.2 Å². The van der Waals surface area contributed by atoms with Gasteiger partial charge in [0, 0.05) is 11.6 Å². The zero-order valence-corrected chi connectivity index (χ0v) is 16.3. The predicted molar refractivity (Wildman–Crippen MR) is 105 cm³/mol. The van der Waals surface area contributed by atoms with E-state index in [1.165, 1.54) is 17.4 Å². The van der Waals surface area contributed by atoms with E-state index in [0.29, 0.717) is 28.2 Å². The molecular formula is C19H22F3N5S. The summed E-state index contributed by atoms with van der Waals surface area (Å²) in [6.45, 7) is 4.26. The molecular weight excluding hydrogens is 387 g/mol. The first kappa shape index (κ1) is 19.2. The monoisotopic (exact) mass is 409 g/mol. The number of nitrogens with one attached hydrogen (secondary N) is 2. The number of rotatable bonds is 5. The average molecular weight is 409 g/mol. The smallest absolute Gasteiger partial charge is 0.357 e. The van der Waals surface area contributed by atoms with Crippen LogP contribution in [0.2, 0.25) is 0 Å². The SMILES string of the molecule is CCC(Nc1nn2cc(-c3cccc(C(F)(F)F)c3)nc2s1)C1CCNCC1. The fourth-order valence-electron chi connectivity index (χ4n) is 3.71. The molecule has 1 aliphatic rings. The highest BCUT2D eigenvalue weighted by molar-refractivity contribution is 7.20. The summed E-state index contributed by atoms with van der Waals surface area (Å²) in [7, 11) is 0. The molecule has 3 aromatic rings. The maximum absolute atomic E-state index is 12.9. The fraction of sp³-hybridized carbons (Fsp3) is 0.474. The first-order valence-corrected chi connectivity index (χ1v) is 10.3. The number of aromatic nitrogens is 3. The minimum atomic E-state index is -4.37. The summed E-state index contributed by atoms with van der Waals surface area (Å²) in [5, 5.41) is 12.2. The van der Waals surface area contributed by atoms with E-state index in [9.17, 15) is 13.2 Å². The van der Waals surface area contributed by atoms with Gasteiger partial charge in [-0.2, -0.15) is 13.2 Å². The van der Waals surface area contributed by atoms with Gasteiger partial charge in [0.25, 0.3) is 0 Å². The van der Waals surface area contributed by atoms with Gasteiger partial charge < -0.3 is 10.6 Å². The molecule has 5 nitrogen and oxygen atoms in total. The molecule has 9 heteroatoms. The van der Waals surface area contributed by atoms with Crippen LogP contribution >= 0.6 is 11.3 Å². The minimum Gasteiger partial charge on any atom is -0.357 e. The zero-order valence-electron chi connectivity index (χ0n) is 15.5. The van der Waals surface area contributed by atoms with Crippen molar-refractivity contribution in [3.63, 3.8) is 0 Å². The van der Waals surface area contributed by atoms with Gasteiger partial charge in [-0.1, -0.05) is 30.4 Å². The van der Waals surface area contributed by atoms with Crippen molar-refractivity contribution in [1.29, 1.82) is 0 Å². The molecule has 1 atom stereocenters. The van der Waals surface area contributed by atoms with Crippen LogP contribution in [0.25, 0.3) is 16.2 Å². The number of hydrogen-bond donors (Lipinski definition) is 2. The van der Waals surface area contributed by atoms with Gasteiger partial charge in [0.15, 0.2) is 0 Å². The molecule has 1 unspecified atom stereocenters. The Morgan fingerprint density at radius 1 is 1.32 bits per heavy atom. The lowest BCUT2D eigenvalue weighted by molar-refractivity contribution is -0.137. The van der Waals surface area contributed by atoms with Gasteiger partial charge >= 0.3 is 6.18 Å². The van der Waals surface area contributed by atoms with E-state index in [2.05, 4.69) is 27.6 Å². The molecule has 28 heavy (non-hydrogen) atoms. The molecule has 1 saturated heterocycles. The summed E-state index contributed by atoms with van der Waals surface area (Å²) in [5.41, 5.74) is 0.245. The fourth-order valence-corrected chi connectivity index (χ4v) is 4.55. The minimum absolute atomic E-state index is 0.362. The molecule has 150 valence electrons. The number of anilines is 1. The number of halogens is 3. The van der Waals surface area contributed by atoms with Crippen LogP contribution in [0.1, 0.15) is 31.7 Å². The molecule has 0 saturated carbocycles. The largest absolute Gasteiger partial charge is 0.416 e. The average Bonchev–Trinajstić information content (AvgIpc) is 3.25. The molecule has 0 bridgehead atoms. The maximum atomic E-state index is 12.9. The first-order chi connectivity index (χ1) is 13.4. The van der Waals surface area contributed by atoms with Crippen LogP contribution in [0, 0.1) is 5.92 Å². The number of hydrogen-bond acceptors (Lipinski definition) is 5. The number of benzene rings is 1. The number of piperidine rings is 1. The van der Waals surface area contributed by atoms with Gasteiger partial charge in [0.2, 0.25) is 10.1 Å². The molecule has 0 spiro atoms. The highest BCUT2D eigenvalue weighted by Gasteiger charge is 2.30. The van der Waals surface area contributed by atoms with Crippen LogP contribution in [0.15, 0.2) is 30.5 Å². The number of alkyl halides is 3. The van der Waals surface area contributed by atoms with E-state index >= 15 is 0 Å². The highest BCUT2D eigenvalue weighted by Crippen LogP contribution is 2.33.